The Kier molecular flexibility index (Phi) is 5.35. The van der Waals surface area contributed by atoms with Gasteiger partial charge in [0.25, 0.3) is 0 Å². The van der Waals surface area contributed by atoms with E-state index in [9.17, 15) is 9.59 Å². The highest BCUT2D eigenvalue weighted by Gasteiger charge is 2.48. The molecule has 24 heavy (non-hydrogen) atoms. The van der Waals surface area contributed by atoms with Crippen LogP contribution >= 0.6 is 0 Å². The maximum Gasteiger partial charge on any atom is 0.228 e. The fraction of sp³-hybridized carbons (Fsp3) is 0.556. The minimum Gasteiger partial charge on any atom is -0.492 e. The molecule has 3 unspecified atom stereocenters. The van der Waals surface area contributed by atoms with Gasteiger partial charge < -0.3 is 20.1 Å². The lowest BCUT2D eigenvalue weighted by atomic mass is 10.2. The van der Waals surface area contributed by atoms with Gasteiger partial charge in [0, 0.05) is 13.2 Å². The fourth-order valence-corrected chi connectivity index (χ4v) is 3.00. The second-order valence-corrected chi connectivity index (χ2v) is 6.25. The Bertz CT molecular complexity index is 598. The summed E-state index contributed by atoms with van der Waals surface area (Å²) in [6, 6.07) is 7.32. The van der Waals surface area contributed by atoms with Gasteiger partial charge in [0.2, 0.25) is 11.8 Å². The number of nitrogens with one attached hydrogen (secondary N) is 2. The molecular formula is C18H24N2O4. The standard InChI is InChI=1S/C18H24N2O4/c1-2-23-16-8-4-3-7-15(16)20-18(22)14-10-13(14)17(21)19-11-12-6-5-9-24-12/h3-4,7-8,12-14H,2,5-6,9-11H2,1H3,(H,19,21)(H,20,22). The predicted molar refractivity (Wildman–Crippen MR) is 89.8 cm³/mol. The van der Waals surface area contributed by atoms with Gasteiger partial charge in [0.15, 0.2) is 0 Å². The first-order valence-corrected chi connectivity index (χ1v) is 8.61. The van der Waals surface area contributed by atoms with Gasteiger partial charge in [-0.25, -0.2) is 0 Å². The molecule has 0 bridgehead atoms. The molecular weight excluding hydrogens is 308 g/mol. The topological polar surface area (TPSA) is 76.7 Å². The Morgan fingerprint density at radius 2 is 2.04 bits per heavy atom. The summed E-state index contributed by atoms with van der Waals surface area (Å²) in [6.45, 7) is 3.74. The van der Waals surface area contributed by atoms with Crippen LogP contribution < -0.4 is 15.4 Å². The highest BCUT2D eigenvalue weighted by Crippen LogP contribution is 2.40. The molecule has 6 heteroatoms. The van der Waals surface area contributed by atoms with E-state index in [1.54, 1.807) is 6.07 Å². The highest BCUT2D eigenvalue weighted by molar-refractivity contribution is 6.00. The second-order valence-electron chi connectivity index (χ2n) is 6.25. The third-order valence-electron chi connectivity index (χ3n) is 4.44. The number of ether oxygens (including phenoxy) is 2. The molecule has 1 aliphatic carbocycles. The Labute approximate surface area is 141 Å². The smallest absolute Gasteiger partial charge is 0.228 e. The molecule has 6 nitrogen and oxygen atoms in total. The molecule has 2 fully saturated rings. The molecule has 3 atom stereocenters. The summed E-state index contributed by atoms with van der Waals surface area (Å²) >= 11 is 0. The van der Waals surface area contributed by atoms with Crippen molar-refractivity contribution in [3.05, 3.63) is 24.3 Å². The molecule has 2 amide bonds. The average Bonchev–Trinajstić information content (AvgIpc) is 3.23. The molecule has 2 N–H and O–H groups in total. The predicted octanol–water partition coefficient (Wildman–Crippen LogP) is 1.96. The monoisotopic (exact) mass is 332 g/mol. The molecule has 0 spiro atoms. The minimum atomic E-state index is -0.260. The lowest BCUT2D eigenvalue weighted by molar-refractivity contribution is -0.125. The first kappa shape index (κ1) is 16.8. The highest BCUT2D eigenvalue weighted by atomic mass is 16.5. The molecule has 1 saturated carbocycles. The van der Waals surface area contributed by atoms with E-state index < -0.39 is 0 Å². The van der Waals surface area contributed by atoms with Crippen LogP contribution in [0.3, 0.4) is 0 Å². The second kappa shape index (κ2) is 7.66. The largest absolute Gasteiger partial charge is 0.492 e. The molecule has 1 aromatic rings. The number of rotatable bonds is 7. The number of benzene rings is 1. The number of anilines is 1. The van der Waals surface area contributed by atoms with Crippen molar-refractivity contribution >= 4 is 17.5 Å². The number of amides is 2. The van der Waals surface area contributed by atoms with E-state index in [0.29, 0.717) is 31.0 Å². The number of hydrogen-bond donors (Lipinski definition) is 2. The molecule has 130 valence electrons. The molecule has 1 heterocycles. The molecule has 1 saturated heterocycles. The van der Waals surface area contributed by atoms with E-state index >= 15 is 0 Å². The quantitative estimate of drug-likeness (QED) is 0.800. The fourth-order valence-electron chi connectivity index (χ4n) is 3.00. The summed E-state index contributed by atoms with van der Waals surface area (Å²) < 4.78 is 11.0. The summed E-state index contributed by atoms with van der Waals surface area (Å²) in [5.74, 6) is -0.0219. The van der Waals surface area contributed by atoms with Gasteiger partial charge in [0.05, 0.1) is 30.2 Å². The van der Waals surface area contributed by atoms with Crippen molar-refractivity contribution in [3.8, 4) is 5.75 Å². The molecule has 0 aromatic heterocycles. The zero-order valence-electron chi connectivity index (χ0n) is 13.9. The van der Waals surface area contributed by atoms with Gasteiger partial charge >= 0.3 is 0 Å². The van der Waals surface area contributed by atoms with Gasteiger partial charge in [-0.15, -0.1) is 0 Å². The summed E-state index contributed by atoms with van der Waals surface area (Å²) in [6.07, 6.45) is 2.76. The number of carbonyl (C=O) groups excluding carboxylic acids is 2. The van der Waals surface area contributed by atoms with Crippen molar-refractivity contribution in [1.29, 1.82) is 0 Å². The number of carbonyl (C=O) groups is 2. The molecule has 1 aromatic carbocycles. The lowest BCUT2D eigenvalue weighted by Crippen LogP contribution is -2.33. The van der Waals surface area contributed by atoms with Crippen LogP contribution in [0.25, 0.3) is 0 Å². The summed E-state index contributed by atoms with van der Waals surface area (Å²) in [7, 11) is 0. The molecule has 0 radical (unpaired) electrons. The van der Waals surface area contributed by atoms with Crippen molar-refractivity contribution in [1.82, 2.24) is 5.32 Å². The van der Waals surface area contributed by atoms with E-state index in [-0.39, 0.29) is 29.8 Å². The maximum atomic E-state index is 12.3. The SMILES string of the molecule is CCOc1ccccc1NC(=O)C1CC1C(=O)NCC1CCCO1. The van der Waals surface area contributed by atoms with Crippen LogP contribution in [0.1, 0.15) is 26.2 Å². The van der Waals surface area contributed by atoms with Crippen molar-refractivity contribution in [3.63, 3.8) is 0 Å². The van der Waals surface area contributed by atoms with Crippen molar-refractivity contribution in [2.24, 2.45) is 11.8 Å². The normalized spacial score (nSPS) is 25.1. The Morgan fingerprint density at radius 3 is 2.79 bits per heavy atom. The van der Waals surface area contributed by atoms with Gasteiger partial charge in [0.1, 0.15) is 5.75 Å². The van der Waals surface area contributed by atoms with Gasteiger partial charge in [-0.2, -0.15) is 0 Å². The average molecular weight is 332 g/mol. The van der Waals surface area contributed by atoms with Crippen molar-refractivity contribution in [2.75, 3.05) is 25.1 Å². The van der Waals surface area contributed by atoms with Gasteiger partial charge in [-0.1, -0.05) is 12.1 Å². The zero-order chi connectivity index (χ0) is 16.9. The minimum absolute atomic E-state index is 0.0521. The number of hydrogen-bond acceptors (Lipinski definition) is 4. The van der Waals surface area contributed by atoms with E-state index in [0.717, 1.165) is 19.4 Å². The van der Waals surface area contributed by atoms with Gasteiger partial charge in [-0.3, -0.25) is 9.59 Å². The Morgan fingerprint density at radius 1 is 1.25 bits per heavy atom. The zero-order valence-corrected chi connectivity index (χ0v) is 13.9. The van der Waals surface area contributed by atoms with Crippen LogP contribution in [-0.4, -0.2) is 37.7 Å². The molecule has 1 aliphatic heterocycles. The van der Waals surface area contributed by atoms with Gasteiger partial charge in [-0.05, 0) is 38.3 Å². The molecule has 3 rings (SSSR count). The third kappa shape index (κ3) is 4.06. The first-order valence-electron chi connectivity index (χ1n) is 8.61. The first-order chi connectivity index (χ1) is 11.7. The maximum absolute atomic E-state index is 12.3. The van der Waals surface area contributed by atoms with Crippen LogP contribution in [0.4, 0.5) is 5.69 Å². The third-order valence-corrected chi connectivity index (χ3v) is 4.44. The Balaban J connectivity index is 1.47. The number of para-hydroxylation sites is 2. The van der Waals surface area contributed by atoms with Crippen LogP contribution in [0.15, 0.2) is 24.3 Å². The molecule has 2 aliphatic rings. The van der Waals surface area contributed by atoms with Crippen LogP contribution in [0, 0.1) is 11.8 Å². The van der Waals surface area contributed by atoms with E-state index in [1.165, 1.54) is 0 Å². The van der Waals surface area contributed by atoms with Crippen LogP contribution in [0.2, 0.25) is 0 Å². The van der Waals surface area contributed by atoms with Crippen molar-refractivity contribution in [2.45, 2.75) is 32.3 Å². The summed E-state index contributed by atoms with van der Waals surface area (Å²) in [4.78, 5) is 24.5. The summed E-state index contributed by atoms with van der Waals surface area (Å²) in [5, 5.41) is 5.77. The van der Waals surface area contributed by atoms with Crippen LogP contribution in [0.5, 0.6) is 5.75 Å². The summed E-state index contributed by atoms with van der Waals surface area (Å²) in [5.41, 5.74) is 0.648. The van der Waals surface area contributed by atoms with E-state index in [2.05, 4.69) is 10.6 Å². The Hall–Kier alpha value is -2.08. The van der Waals surface area contributed by atoms with Crippen molar-refractivity contribution < 1.29 is 19.1 Å². The van der Waals surface area contributed by atoms with Crippen LogP contribution in [-0.2, 0) is 14.3 Å². The van der Waals surface area contributed by atoms with E-state index in [4.69, 9.17) is 9.47 Å². The lowest BCUT2D eigenvalue weighted by Gasteiger charge is -2.12. The van der Waals surface area contributed by atoms with E-state index in [1.807, 2.05) is 25.1 Å².